The minimum atomic E-state index is -0.787. The summed E-state index contributed by atoms with van der Waals surface area (Å²) in [6.45, 7) is 6.15. The van der Waals surface area contributed by atoms with Crippen LogP contribution in [0.5, 0.6) is 5.75 Å². The number of anilines is 1. The molecule has 1 aliphatic rings. The summed E-state index contributed by atoms with van der Waals surface area (Å²) in [6, 6.07) is 8.25. The normalized spacial score (nSPS) is 17.2. The molecule has 2 aromatic rings. The minimum absolute atomic E-state index is 0.133. The highest BCUT2D eigenvalue weighted by Crippen LogP contribution is 2.48. The van der Waals surface area contributed by atoms with E-state index in [1.807, 2.05) is 12.1 Å². The Morgan fingerprint density at radius 2 is 1.78 bits per heavy atom. The molecule has 2 aromatic carbocycles. The van der Waals surface area contributed by atoms with Gasteiger partial charge in [-0.05, 0) is 51.2 Å². The van der Waals surface area contributed by atoms with Gasteiger partial charge in [-0.1, -0.05) is 38.5 Å². The molecular weight excluding hydrogens is 340 g/mol. The van der Waals surface area contributed by atoms with E-state index in [-0.39, 0.29) is 11.0 Å². The molecule has 0 spiro atoms. The van der Waals surface area contributed by atoms with Gasteiger partial charge in [-0.25, -0.2) is 0 Å². The van der Waals surface area contributed by atoms with Crippen molar-refractivity contribution in [2.24, 2.45) is 0 Å². The van der Waals surface area contributed by atoms with Crippen molar-refractivity contribution in [3.05, 3.63) is 61.5 Å². The van der Waals surface area contributed by atoms with E-state index < -0.39 is 16.6 Å². The van der Waals surface area contributed by atoms with Crippen LogP contribution < -0.4 is 15.8 Å². The van der Waals surface area contributed by atoms with Crippen LogP contribution >= 0.6 is 0 Å². The first-order valence-electron chi connectivity index (χ1n) is 9.51. The summed E-state index contributed by atoms with van der Waals surface area (Å²) in [5.74, 6) is -0.412. The van der Waals surface area contributed by atoms with Gasteiger partial charge in [-0.2, -0.15) is 0 Å². The van der Waals surface area contributed by atoms with Crippen LogP contribution in [0.25, 0.3) is 6.08 Å². The first-order chi connectivity index (χ1) is 12.7. The Morgan fingerprint density at radius 3 is 2.44 bits per heavy atom. The summed E-state index contributed by atoms with van der Waals surface area (Å²) in [4.78, 5) is 27.7. The highest BCUT2D eigenvalue weighted by atomic mass is 16.3. The van der Waals surface area contributed by atoms with Gasteiger partial charge >= 0.3 is 0 Å². The standard InChI is InChI=1S/C22H28N2O3/c1-22(2)16-10-6-7-11-17(16)24(13-9-5-8-12-23(3)4)18(22)14-15-19(25)21(27)20(15)26/h6-7,10-11,14,25H,5,8-9,12-13H2,1-4H3/b18-14+. The van der Waals surface area contributed by atoms with Gasteiger partial charge in [0.15, 0.2) is 5.75 Å². The Morgan fingerprint density at radius 1 is 1.07 bits per heavy atom. The van der Waals surface area contributed by atoms with E-state index in [2.05, 4.69) is 49.9 Å². The van der Waals surface area contributed by atoms with E-state index in [9.17, 15) is 14.7 Å². The Kier molecular flexibility index (Phi) is 5.24. The monoisotopic (exact) mass is 368 g/mol. The van der Waals surface area contributed by atoms with Crippen molar-refractivity contribution >= 4 is 11.8 Å². The van der Waals surface area contributed by atoms with Crippen LogP contribution in [0.1, 0.15) is 44.2 Å². The number of para-hydroxylation sites is 1. The summed E-state index contributed by atoms with van der Waals surface area (Å²) in [5, 5.41) is 9.82. The number of hydrogen-bond acceptors (Lipinski definition) is 5. The molecule has 0 atom stereocenters. The van der Waals surface area contributed by atoms with Gasteiger partial charge in [0.2, 0.25) is 5.43 Å². The van der Waals surface area contributed by atoms with Crippen LogP contribution in [0.2, 0.25) is 0 Å². The fourth-order valence-electron chi connectivity index (χ4n) is 3.88. The van der Waals surface area contributed by atoms with E-state index in [0.29, 0.717) is 0 Å². The average molecular weight is 368 g/mol. The van der Waals surface area contributed by atoms with Crippen molar-refractivity contribution in [2.45, 2.75) is 38.5 Å². The molecule has 0 unspecified atom stereocenters. The van der Waals surface area contributed by atoms with Crippen LogP contribution in [0.3, 0.4) is 0 Å². The fourth-order valence-corrected chi connectivity index (χ4v) is 3.88. The summed E-state index contributed by atoms with van der Waals surface area (Å²) in [5.41, 5.74) is 1.74. The van der Waals surface area contributed by atoms with Gasteiger partial charge in [0.05, 0.1) is 5.56 Å². The van der Waals surface area contributed by atoms with Crippen molar-refractivity contribution in [1.82, 2.24) is 4.90 Å². The van der Waals surface area contributed by atoms with Gasteiger partial charge in [-0.15, -0.1) is 0 Å². The molecule has 0 aliphatic carbocycles. The molecule has 0 saturated heterocycles. The number of hydrogen-bond donors (Lipinski definition) is 1. The number of benzene rings is 1. The van der Waals surface area contributed by atoms with Crippen molar-refractivity contribution in [2.75, 3.05) is 32.1 Å². The molecule has 0 amide bonds. The second kappa shape index (κ2) is 7.31. The van der Waals surface area contributed by atoms with Gasteiger partial charge in [0, 0.05) is 23.3 Å². The minimum Gasteiger partial charge on any atom is -0.504 e. The topological polar surface area (TPSA) is 60.9 Å². The molecule has 0 radical (unpaired) electrons. The summed E-state index contributed by atoms with van der Waals surface area (Å²) < 4.78 is 0. The molecule has 1 N–H and O–H groups in total. The zero-order valence-corrected chi connectivity index (χ0v) is 16.6. The van der Waals surface area contributed by atoms with Crippen molar-refractivity contribution < 1.29 is 5.11 Å². The van der Waals surface area contributed by atoms with E-state index >= 15 is 0 Å². The van der Waals surface area contributed by atoms with Gasteiger partial charge in [0.1, 0.15) is 0 Å². The van der Waals surface area contributed by atoms with Gasteiger partial charge in [-0.3, -0.25) is 9.59 Å². The lowest BCUT2D eigenvalue weighted by atomic mass is 9.83. The lowest BCUT2D eigenvalue weighted by molar-refractivity contribution is 0.392. The Labute approximate surface area is 160 Å². The predicted octanol–water partition coefficient (Wildman–Crippen LogP) is 2.86. The molecule has 5 nitrogen and oxygen atoms in total. The molecule has 144 valence electrons. The maximum atomic E-state index is 11.9. The maximum Gasteiger partial charge on any atom is 0.268 e. The summed E-state index contributed by atoms with van der Waals surface area (Å²) in [7, 11) is 4.16. The third kappa shape index (κ3) is 3.44. The first-order valence-corrected chi connectivity index (χ1v) is 9.51. The summed E-state index contributed by atoms with van der Waals surface area (Å²) >= 11 is 0. The predicted molar refractivity (Wildman–Crippen MR) is 110 cm³/mol. The van der Waals surface area contributed by atoms with E-state index in [1.165, 1.54) is 5.56 Å². The van der Waals surface area contributed by atoms with Crippen LogP contribution in [0, 0.1) is 0 Å². The van der Waals surface area contributed by atoms with Gasteiger partial charge in [0.25, 0.3) is 5.43 Å². The molecule has 0 fully saturated rings. The smallest absolute Gasteiger partial charge is 0.268 e. The zero-order valence-electron chi connectivity index (χ0n) is 16.6. The molecular formula is C22H28N2O3. The van der Waals surface area contributed by atoms with Crippen molar-refractivity contribution in [3.63, 3.8) is 0 Å². The molecule has 0 bridgehead atoms. The van der Waals surface area contributed by atoms with E-state index in [4.69, 9.17) is 0 Å². The molecule has 0 saturated carbocycles. The molecule has 27 heavy (non-hydrogen) atoms. The van der Waals surface area contributed by atoms with Crippen LogP contribution in [0.4, 0.5) is 5.69 Å². The Hall–Kier alpha value is -2.40. The molecule has 5 heteroatoms. The first kappa shape index (κ1) is 19.4. The second-order valence-electron chi connectivity index (χ2n) is 8.11. The highest BCUT2D eigenvalue weighted by molar-refractivity contribution is 5.77. The average Bonchev–Trinajstić information content (AvgIpc) is 2.85. The van der Waals surface area contributed by atoms with Crippen molar-refractivity contribution in [3.8, 4) is 5.75 Å². The lowest BCUT2D eigenvalue weighted by Crippen LogP contribution is -2.34. The SMILES string of the molecule is CN(C)CCCCCN1/C(=C/c2c(O)c(=O)c2=O)C(C)(C)c2ccccc21. The highest BCUT2D eigenvalue weighted by Gasteiger charge is 2.40. The van der Waals surface area contributed by atoms with Crippen LogP contribution in [-0.4, -0.2) is 37.2 Å². The number of allylic oxidation sites excluding steroid dienone is 1. The number of fused-ring (bicyclic) bond motifs is 1. The zero-order chi connectivity index (χ0) is 19.8. The third-order valence-electron chi connectivity index (χ3n) is 5.49. The maximum absolute atomic E-state index is 11.9. The molecule has 1 aliphatic heterocycles. The molecule has 1 heterocycles. The number of rotatable bonds is 7. The number of nitrogens with zero attached hydrogens (tertiary/aromatic N) is 2. The van der Waals surface area contributed by atoms with Crippen LogP contribution in [-0.2, 0) is 5.41 Å². The largest absolute Gasteiger partial charge is 0.504 e. The molecule has 0 aromatic heterocycles. The number of aromatic hydroxyl groups is 1. The third-order valence-corrected chi connectivity index (χ3v) is 5.49. The van der Waals surface area contributed by atoms with E-state index in [1.54, 1.807) is 6.08 Å². The lowest BCUT2D eigenvalue weighted by Gasteiger charge is -2.27. The Balaban J connectivity index is 1.90. The number of unbranched alkanes of at least 4 members (excludes halogenated alkanes) is 2. The van der Waals surface area contributed by atoms with E-state index in [0.717, 1.165) is 43.7 Å². The summed E-state index contributed by atoms with van der Waals surface area (Å²) in [6.07, 6.45) is 5.01. The van der Waals surface area contributed by atoms with Crippen molar-refractivity contribution in [1.29, 1.82) is 0 Å². The van der Waals surface area contributed by atoms with Gasteiger partial charge < -0.3 is 14.9 Å². The molecule has 3 rings (SSSR count). The Bertz CT molecular complexity index is 933. The fraction of sp³-hybridized carbons (Fsp3) is 0.455. The van der Waals surface area contributed by atoms with Crippen LogP contribution in [0.15, 0.2) is 39.6 Å². The second-order valence-corrected chi connectivity index (χ2v) is 8.11. The quantitative estimate of drug-likeness (QED) is 0.601.